The van der Waals surface area contributed by atoms with Gasteiger partial charge in [-0.15, -0.1) is 0 Å². The Morgan fingerprint density at radius 3 is 2.42 bits per heavy atom. The van der Waals surface area contributed by atoms with Gasteiger partial charge in [0.15, 0.2) is 0 Å². The maximum atomic E-state index is 12.4. The molecule has 2 aromatic rings. The smallest absolute Gasteiger partial charge is 0.227 e. The number of carbonyl (C=O) groups excluding carboxylic acids is 1. The molecule has 0 spiro atoms. The van der Waals surface area contributed by atoms with Crippen molar-refractivity contribution in [3.8, 4) is 5.75 Å². The van der Waals surface area contributed by atoms with Crippen LogP contribution in [0.1, 0.15) is 12.8 Å². The summed E-state index contributed by atoms with van der Waals surface area (Å²) in [5, 5.41) is 12.6. The number of anilines is 1. The Labute approximate surface area is 156 Å². The summed E-state index contributed by atoms with van der Waals surface area (Å²) in [4.78, 5) is 15.5. The molecule has 0 aliphatic carbocycles. The molecule has 2 aromatic carbocycles. The average Bonchev–Trinajstić information content (AvgIpc) is 2.69. The predicted molar refractivity (Wildman–Crippen MR) is 104 cm³/mol. The van der Waals surface area contributed by atoms with Gasteiger partial charge in [0.2, 0.25) is 5.91 Å². The van der Waals surface area contributed by atoms with Crippen molar-refractivity contribution in [2.75, 3.05) is 30.7 Å². The van der Waals surface area contributed by atoms with E-state index in [1.54, 1.807) is 24.3 Å². The van der Waals surface area contributed by atoms with E-state index in [-0.39, 0.29) is 17.6 Å². The summed E-state index contributed by atoms with van der Waals surface area (Å²) in [7, 11) is -0.981. The molecule has 3 rings (SSSR count). The zero-order valence-electron chi connectivity index (χ0n) is 14.6. The zero-order chi connectivity index (χ0) is 18.4. The standard InChI is InChI=1S/C20H24N2O3S/c23-19-9-5-4-8-18(19)21-20(24)16-10-12-22(13-11-16)14-15-26(25)17-6-2-1-3-7-17/h1-9,16,23H,10-15H2,(H,21,24)/t26-/m0/s1. The molecule has 0 aromatic heterocycles. The third kappa shape index (κ3) is 4.93. The molecule has 1 amide bonds. The summed E-state index contributed by atoms with van der Waals surface area (Å²) < 4.78 is 12.3. The maximum Gasteiger partial charge on any atom is 0.227 e. The highest BCUT2D eigenvalue weighted by Crippen LogP contribution is 2.24. The Kier molecular flexibility index (Phi) is 6.41. The van der Waals surface area contributed by atoms with E-state index in [1.807, 2.05) is 30.3 Å². The van der Waals surface area contributed by atoms with Crippen molar-refractivity contribution in [3.63, 3.8) is 0 Å². The van der Waals surface area contributed by atoms with Crippen LogP contribution in [0.15, 0.2) is 59.5 Å². The molecule has 2 N–H and O–H groups in total. The van der Waals surface area contributed by atoms with Crippen LogP contribution in [-0.4, -0.2) is 45.5 Å². The number of nitrogens with one attached hydrogen (secondary N) is 1. The Hall–Kier alpha value is -2.18. The number of benzene rings is 2. The first kappa shape index (κ1) is 18.6. The summed E-state index contributed by atoms with van der Waals surface area (Å²) in [6, 6.07) is 16.3. The first-order chi connectivity index (χ1) is 12.6. The molecule has 0 unspecified atom stereocenters. The topological polar surface area (TPSA) is 69.6 Å². The van der Waals surface area contributed by atoms with Crippen molar-refractivity contribution in [1.82, 2.24) is 4.90 Å². The number of phenols is 1. The summed E-state index contributed by atoms with van der Waals surface area (Å²) in [5.41, 5.74) is 0.457. The van der Waals surface area contributed by atoms with Crippen molar-refractivity contribution in [3.05, 3.63) is 54.6 Å². The third-order valence-corrected chi connectivity index (χ3v) is 6.07. The van der Waals surface area contributed by atoms with Gasteiger partial charge in [-0.3, -0.25) is 9.00 Å². The number of nitrogens with zero attached hydrogens (tertiary/aromatic N) is 1. The maximum absolute atomic E-state index is 12.4. The lowest BCUT2D eigenvalue weighted by atomic mass is 9.96. The van der Waals surface area contributed by atoms with E-state index in [1.165, 1.54) is 0 Å². The second-order valence-corrected chi connectivity index (χ2v) is 8.06. The van der Waals surface area contributed by atoms with Crippen LogP contribution in [-0.2, 0) is 15.6 Å². The summed E-state index contributed by atoms with van der Waals surface area (Å²) in [6.45, 7) is 2.42. The first-order valence-electron chi connectivity index (χ1n) is 8.88. The number of piperidine rings is 1. The lowest BCUT2D eigenvalue weighted by Crippen LogP contribution is -2.39. The summed E-state index contributed by atoms with van der Waals surface area (Å²) >= 11 is 0. The molecule has 0 saturated carbocycles. The van der Waals surface area contributed by atoms with Gasteiger partial charge in [0.05, 0.1) is 16.5 Å². The van der Waals surface area contributed by atoms with Gasteiger partial charge in [0.25, 0.3) is 0 Å². The lowest BCUT2D eigenvalue weighted by Gasteiger charge is -2.31. The quantitative estimate of drug-likeness (QED) is 0.765. The molecule has 1 fully saturated rings. The molecule has 1 saturated heterocycles. The highest BCUT2D eigenvalue weighted by molar-refractivity contribution is 7.85. The molecule has 6 heteroatoms. The Morgan fingerprint density at radius 1 is 1.08 bits per heavy atom. The zero-order valence-corrected chi connectivity index (χ0v) is 15.5. The second kappa shape index (κ2) is 8.96. The number of carbonyl (C=O) groups is 1. The van der Waals surface area contributed by atoms with E-state index in [0.717, 1.165) is 37.4 Å². The van der Waals surface area contributed by atoms with Crippen molar-refractivity contribution >= 4 is 22.4 Å². The largest absolute Gasteiger partial charge is 0.506 e. The number of hydrogen-bond acceptors (Lipinski definition) is 4. The molecule has 1 atom stereocenters. The molecule has 0 bridgehead atoms. The number of amides is 1. The first-order valence-corrected chi connectivity index (χ1v) is 10.2. The van der Waals surface area contributed by atoms with Gasteiger partial charge in [0, 0.05) is 23.1 Å². The van der Waals surface area contributed by atoms with E-state index < -0.39 is 10.8 Å². The number of hydrogen-bond donors (Lipinski definition) is 2. The fourth-order valence-electron chi connectivity index (χ4n) is 3.14. The monoisotopic (exact) mass is 372 g/mol. The average molecular weight is 372 g/mol. The number of para-hydroxylation sites is 2. The third-order valence-electron chi connectivity index (χ3n) is 4.72. The van der Waals surface area contributed by atoms with Crippen LogP contribution in [0, 0.1) is 5.92 Å². The molecule has 1 heterocycles. The van der Waals surface area contributed by atoms with Crippen molar-refractivity contribution in [1.29, 1.82) is 0 Å². The molecule has 0 radical (unpaired) electrons. The van der Waals surface area contributed by atoms with E-state index in [4.69, 9.17) is 0 Å². The van der Waals surface area contributed by atoms with Crippen LogP contribution in [0.25, 0.3) is 0 Å². The van der Waals surface area contributed by atoms with E-state index in [2.05, 4.69) is 10.2 Å². The van der Waals surface area contributed by atoms with Gasteiger partial charge in [0.1, 0.15) is 5.75 Å². The molecular formula is C20H24N2O3S. The number of likely N-dealkylation sites (tertiary alicyclic amines) is 1. The van der Waals surface area contributed by atoms with Gasteiger partial charge in [-0.05, 0) is 50.2 Å². The van der Waals surface area contributed by atoms with Crippen molar-refractivity contribution < 1.29 is 14.1 Å². The van der Waals surface area contributed by atoms with Crippen LogP contribution in [0.5, 0.6) is 5.75 Å². The Morgan fingerprint density at radius 2 is 1.73 bits per heavy atom. The van der Waals surface area contributed by atoms with E-state index >= 15 is 0 Å². The minimum atomic E-state index is -0.981. The SMILES string of the molecule is O=C(Nc1ccccc1O)C1CCN(CC[S@](=O)c2ccccc2)CC1. The van der Waals surface area contributed by atoms with Gasteiger partial charge < -0.3 is 15.3 Å². The van der Waals surface area contributed by atoms with Crippen molar-refractivity contribution in [2.24, 2.45) is 5.92 Å². The van der Waals surface area contributed by atoms with Crippen LogP contribution >= 0.6 is 0 Å². The fraction of sp³-hybridized carbons (Fsp3) is 0.350. The van der Waals surface area contributed by atoms with Crippen LogP contribution in [0.4, 0.5) is 5.69 Å². The normalized spacial score (nSPS) is 16.9. The Balaban J connectivity index is 1.43. The van der Waals surface area contributed by atoms with Crippen LogP contribution < -0.4 is 5.32 Å². The molecule has 1 aliphatic rings. The highest BCUT2D eigenvalue weighted by Gasteiger charge is 2.25. The van der Waals surface area contributed by atoms with Gasteiger partial charge >= 0.3 is 0 Å². The van der Waals surface area contributed by atoms with Crippen molar-refractivity contribution in [2.45, 2.75) is 17.7 Å². The number of aromatic hydroxyl groups is 1. The summed E-state index contributed by atoms with van der Waals surface area (Å²) in [6.07, 6.45) is 1.55. The lowest BCUT2D eigenvalue weighted by molar-refractivity contribution is -0.121. The molecule has 5 nitrogen and oxygen atoms in total. The number of phenolic OH excluding ortho intramolecular Hbond substituents is 1. The molecule has 26 heavy (non-hydrogen) atoms. The van der Waals surface area contributed by atoms with Gasteiger partial charge in [-0.25, -0.2) is 0 Å². The predicted octanol–water partition coefficient (Wildman–Crippen LogP) is 2.85. The van der Waals surface area contributed by atoms with Gasteiger partial charge in [-0.1, -0.05) is 30.3 Å². The van der Waals surface area contributed by atoms with E-state index in [0.29, 0.717) is 11.4 Å². The van der Waals surface area contributed by atoms with Crippen LogP contribution in [0.2, 0.25) is 0 Å². The molecule has 1 aliphatic heterocycles. The minimum absolute atomic E-state index is 0.0426. The summed E-state index contributed by atoms with van der Waals surface area (Å²) in [5.74, 6) is 0.602. The second-order valence-electron chi connectivity index (χ2n) is 6.49. The van der Waals surface area contributed by atoms with Gasteiger partial charge in [-0.2, -0.15) is 0 Å². The highest BCUT2D eigenvalue weighted by atomic mass is 32.2. The van der Waals surface area contributed by atoms with E-state index in [9.17, 15) is 14.1 Å². The minimum Gasteiger partial charge on any atom is -0.506 e. The fourth-order valence-corrected chi connectivity index (χ4v) is 4.26. The Bertz CT molecular complexity index is 759. The molecule has 138 valence electrons. The molecular weight excluding hydrogens is 348 g/mol. The van der Waals surface area contributed by atoms with Crippen LogP contribution in [0.3, 0.4) is 0 Å². The number of rotatable bonds is 6.